The third kappa shape index (κ3) is 4.21. The highest BCUT2D eigenvalue weighted by molar-refractivity contribution is 7.98. The van der Waals surface area contributed by atoms with Crippen molar-refractivity contribution >= 4 is 23.5 Å². The molecule has 3 rings (SSSR count). The minimum absolute atomic E-state index is 0.211. The summed E-state index contributed by atoms with van der Waals surface area (Å²) in [5.74, 6) is 0.708. The number of piperazine rings is 1. The highest BCUT2D eigenvalue weighted by Gasteiger charge is 2.33. The number of carbonyl (C=O) groups is 1. The second-order valence-electron chi connectivity index (χ2n) is 7.45. The number of aromatic nitrogens is 1. The van der Waals surface area contributed by atoms with E-state index in [0.29, 0.717) is 25.1 Å². The molecule has 0 unspecified atom stereocenters. The van der Waals surface area contributed by atoms with Gasteiger partial charge in [-0.15, -0.1) is 11.8 Å². The van der Waals surface area contributed by atoms with Gasteiger partial charge in [0.05, 0.1) is 31.4 Å². The quantitative estimate of drug-likeness (QED) is 0.569. The molecule has 8 heteroatoms. The highest BCUT2D eigenvalue weighted by Crippen LogP contribution is 2.38. The van der Waals surface area contributed by atoms with Crippen molar-refractivity contribution in [3.05, 3.63) is 16.7 Å². The first-order chi connectivity index (χ1) is 12.9. The summed E-state index contributed by atoms with van der Waals surface area (Å²) in [6.45, 7) is 7.99. The highest BCUT2D eigenvalue weighted by atomic mass is 32.2. The lowest BCUT2D eigenvalue weighted by atomic mass is 9.89. The van der Waals surface area contributed by atoms with Gasteiger partial charge in [-0.3, -0.25) is 9.69 Å². The van der Waals surface area contributed by atoms with Crippen molar-refractivity contribution in [2.75, 3.05) is 51.0 Å². The smallest absolute Gasteiger partial charge is 0.319 e. The van der Waals surface area contributed by atoms with Crippen LogP contribution in [-0.2, 0) is 27.3 Å². The Kier molecular flexibility index (Phi) is 5.94. The summed E-state index contributed by atoms with van der Waals surface area (Å²) in [6, 6.07) is 2.36. The van der Waals surface area contributed by atoms with E-state index in [0.717, 1.165) is 48.1 Å². The van der Waals surface area contributed by atoms with Gasteiger partial charge in [0.1, 0.15) is 16.9 Å². The molecule has 0 saturated carbocycles. The number of rotatable bonds is 4. The Labute approximate surface area is 164 Å². The first kappa shape index (κ1) is 19.9. The number of carbonyl (C=O) groups excluding carboxylic acids is 1. The number of pyridine rings is 1. The molecule has 0 aromatic carbocycles. The standard InChI is InChI=1S/C19H26N4O3S/c1-19(2)9-13-14(10-20)18(27-4)21-17(15(13)12-26-19)23-7-5-22(6-8-23)11-16(24)25-3/h5-9,11-12H2,1-4H3. The number of esters is 1. The van der Waals surface area contributed by atoms with Crippen LogP contribution in [0, 0.1) is 11.3 Å². The van der Waals surface area contributed by atoms with Gasteiger partial charge in [0.25, 0.3) is 0 Å². The van der Waals surface area contributed by atoms with Crippen LogP contribution >= 0.6 is 11.8 Å². The van der Waals surface area contributed by atoms with Crippen molar-refractivity contribution in [1.29, 1.82) is 5.26 Å². The van der Waals surface area contributed by atoms with Crippen LogP contribution in [-0.4, -0.2) is 67.5 Å². The van der Waals surface area contributed by atoms with Gasteiger partial charge in [-0.1, -0.05) is 0 Å². The normalized spacial score (nSPS) is 19.3. The summed E-state index contributed by atoms with van der Waals surface area (Å²) < 4.78 is 10.8. The summed E-state index contributed by atoms with van der Waals surface area (Å²) in [7, 11) is 1.41. The number of thioether (sulfide) groups is 1. The zero-order valence-electron chi connectivity index (χ0n) is 16.4. The molecular formula is C19H26N4O3S. The zero-order valence-corrected chi connectivity index (χ0v) is 17.2. The third-order valence-corrected chi connectivity index (χ3v) is 5.81. The fraction of sp³-hybridized carbons (Fsp3) is 0.632. The minimum Gasteiger partial charge on any atom is -0.468 e. The molecule has 1 aromatic heterocycles. The van der Waals surface area contributed by atoms with E-state index >= 15 is 0 Å². The minimum atomic E-state index is -0.286. The molecule has 1 saturated heterocycles. The van der Waals surface area contributed by atoms with E-state index in [1.165, 1.54) is 18.9 Å². The van der Waals surface area contributed by atoms with Crippen molar-refractivity contribution in [2.24, 2.45) is 0 Å². The topological polar surface area (TPSA) is 78.7 Å². The summed E-state index contributed by atoms with van der Waals surface area (Å²) in [5, 5.41) is 10.5. The van der Waals surface area contributed by atoms with Gasteiger partial charge in [-0.2, -0.15) is 5.26 Å². The predicted molar refractivity (Wildman–Crippen MR) is 104 cm³/mol. The maximum atomic E-state index is 11.5. The fourth-order valence-corrected chi connectivity index (χ4v) is 4.17. The average molecular weight is 391 g/mol. The molecule has 27 heavy (non-hydrogen) atoms. The number of anilines is 1. The SMILES string of the molecule is COC(=O)CN1CCN(c2nc(SC)c(C#N)c3c2COC(C)(C)C3)CC1. The van der Waals surface area contributed by atoms with Crippen molar-refractivity contribution in [3.63, 3.8) is 0 Å². The number of methoxy groups -OCH3 is 1. The molecule has 0 bridgehead atoms. The van der Waals surface area contributed by atoms with E-state index in [1.807, 2.05) is 6.26 Å². The predicted octanol–water partition coefficient (Wildman–Crippen LogP) is 1.82. The molecule has 146 valence electrons. The van der Waals surface area contributed by atoms with E-state index in [-0.39, 0.29) is 11.6 Å². The molecule has 0 aliphatic carbocycles. The first-order valence-corrected chi connectivity index (χ1v) is 10.3. The maximum Gasteiger partial charge on any atom is 0.319 e. The van der Waals surface area contributed by atoms with Crippen molar-refractivity contribution in [2.45, 2.75) is 37.5 Å². The summed E-state index contributed by atoms with van der Waals surface area (Å²) >= 11 is 1.51. The second kappa shape index (κ2) is 8.05. The maximum absolute atomic E-state index is 11.5. The summed E-state index contributed by atoms with van der Waals surface area (Å²) in [6.07, 6.45) is 2.66. The van der Waals surface area contributed by atoms with Crippen LogP contribution in [0.2, 0.25) is 0 Å². The second-order valence-corrected chi connectivity index (χ2v) is 8.25. The van der Waals surface area contributed by atoms with E-state index < -0.39 is 0 Å². The van der Waals surface area contributed by atoms with Gasteiger partial charge in [0.2, 0.25) is 0 Å². The van der Waals surface area contributed by atoms with E-state index in [9.17, 15) is 10.1 Å². The average Bonchev–Trinajstić information content (AvgIpc) is 2.66. The van der Waals surface area contributed by atoms with Crippen LogP contribution in [0.3, 0.4) is 0 Å². The Morgan fingerprint density at radius 1 is 1.33 bits per heavy atom. The number of hydrogen-bond acceptors (Lipinski definition) is 8. The number of nitrogens with zero attached hydrogens (tertiary/aromatic N) is 4. The Bertz CT molecular complexity index is 767. The number of fused-ring (bicyclic) bond motifs is 1. The molecule has 0 spiro atoms. The monoisotopic (exact) mass is 390 g/mol. The molecule has 1 fully saturated rings. The van der Waals surface area contributed by atoms with Crippen LogP contribution in [0.5, 0.6) is 0 Å². The number of ether oxygens (including phenoxy) is 2. The number of hydrogen-bond donors (Lipinski definition) is 0. The third-order valence-electron chi connectivity index (χ3n) is 5.12. The lowest BCUT2D eigenvalue weighted by Crippen LogP contribution is -2.49. The van der Waals surface area contributed by atoms with Crippen LogP contribution in [0.15, 0.2) is 5.03 Å². The lowest BCUT2D eigenvalue weighted by Gasteiger charge is -2.39. The number of nitriles is 1. The van der Waals surface area contributed by atoms with E-state index in [2.05, 4.69) is 29.7 Å². The van der Waals surface area contributed by atoms with Gasteiger partial charge in [-0.05, 0) is 25.7 Å². The van der Waals surface area contributed by atoms with E-state index in [1.54, 1.807) is 0 Å². The Morgan fingerprint density at radius 2 is 2.04 bits per heavy atom. The van der Waals surface area contributed by atoms with Crippen LogP contribution in [0.25, 0.3) is 0 Å². The van der Waals surface area contributed by atoms with Gasteiger partial charge in [0.15, 0.2) is 0 Å². The zero-order chi connectivity index (χ0) is 19.6. The Hall–Kier alpha value is -1.82. The van der Waals surface area contributed by atoms with Gasteiger partial charge < -0.3 is 14.4 Å². The summed E-state index contributed by atoms with van der Waals surface area (Å²) in [4.78, 5) is 20.7. The van der Waals surface area contributed by atoms with Gasteiger partial charge in [0, 0.05) is 38.2 Å². The molecule has 0 atom stereocenters. The van der Waals surface area contributed by atoms with Crippen molar-refractivity contribution in [3.8, 4) is 6.07 Å². The van der Waals surface area contributed by atoms with Crippen LogP contribution in [0.4, 0.5) is 5.82 Å². The Morgan fingerprint density at radius 3 is 2.63 bits per heavy atom. The van der Waals surface area contributed by atoms with Crippen LogP contribution in [0.1, 0.15) is 30.5 Å². The van der Waals surface area contributed by atoms with E-state index in [4.69, 9.17) is 14.5 Å². The fourth-order valence-electron chi connectivity index (χ4n) is 3.62. The first-order valence-electron chi connectivity index (χ1n) is 9.06. The molecule has 1 aromatic rings. The molecule has 0 N–H and O–H groups in total. The lowest BCUT2D eigenvalue weighted by molar-refractivity contribution is -0.142. The largest absolute Gasteiger partial charge is 0.468 e. The van der Waals surface area contributed by atoms with Gasteiger partial charge in [-0.25, -0.2) is 4.98 Å². The molecule has 7 nitrogen and oxygen atoms in total. The molecular weight excluding hydrogens is 364 g/mol. The Balaban J connectivity index is 1.89. The molecule has 2 aliphatic rings. The molecule has 0 amide bonds. The summed E-state index contributed by atoms with van der Waals surface area (Å²) in [5.41, 5.74) is 2.50. The van der Waals surface area contributed by atoms with Crippen LogP contribution < -0.4 is 4.90 Å². The molecule has 0 radical (unpaired) electrons. The van der Waals surface area contributed by atoms with Gasteiger partial charge >= 0.3 is 5.97 Å². The molecule has 2 aliphatic heterocycles. The van der Waals surface area contributed by atoms with Crippen molar-refractivity contribution < 1.29 is 14.3 Å². The van der Waals surface area contributed by atoms with Crippen molar-refractivity contribution in [1.82, 2.24) is 9.88 Å². The molecule has 3 heterocycles.